The Morgan fingerprint density at radius 3 is 1.62 bits per heavy atom. The van der Waals surface area contributed by atoms with Crippen LogP contribution in [0.15, 0.2) is 36.5 Å². The molecule has 0 aliphatic rings. The summed E-state index contributed by atoms with van der Waals surface area (Å²) in [4.78, 5) is 22.5. The van der Waals surface area contributed by atoms with Crippen molar-refractivity contribution in [3.8, 4) is 0 Å². The number of carbonyl (C=O) groups excluding carboxylic acids is 1. The van der Waals surface area contributed by atoms with E-state index in [1.807, 2.05) is 0 Å². The number of hydrogen-bond acceptors (Lipinski definition) is 7. The summed E-state index contributed by atoms with van der Waals surface area (Å²) in [6.07, 6.45) is 45.9. The number of carbonyl (C=O) groups is 1. The topological polar surface area (TPSA) is 117 Å². The standard InChI is InChI=1S/C43H82NO7P/c1-3-5-7-9-11-13-15-17-19-20-21-22-23-24-26-28-30-32-34-36-43(45)51-42(41-50-52(46,47)49-39-37-44)40-48-38-35-33-31-29-27-25-18-16-14-12-10-8-6-4-2/h6,8,12,14,18,25,42H,3-5,7,9-11,13,15-17,19-24,26-41,44H2,1-2H3,(H,46,47)/b8-6-,14-12-,25-18-. The van der Waals surface area contributed by atoms with Crippen molar-refractivity contribution < 1.29 is 32.8 Å². The van der Waals surface area contributed by atoms with E-state index in [-0.39, 0.29) is 32.3 Å². The fraction of sp³-hybridized carbons (Fsp3) is 0.837. The van der Waals surface area contributed by atoms with Crippen LogP contribution in [0, 0.1) is 0 Å². The lowest BCUT2D eigenvalue weighted by Crippen LogP contribution is -2.28. The Morgan fingerprint density at radius 1 is 0.596 bits per heavy atom. The molecule has 0 aliphatic heterocycles. The van der Waals surface area contributed by atoms with Gasteiger partial charge in [-0.3, -0.25) is 13.8 Å². The molecule has 0 spiro atoms. The maximum atomic E-state index is 12.6. The van der Waals surface area contributed by atoms with Gasteiger partial charge in [0.05, 0.1) is 19.8 Å². The number of allylic oxidation sites excluding steroid dienone is 6. The number of hydrogen-bond donors (Lipinski definition) is 2. The van der Waals surface area contributed by atoms with Crippen molar-refractivity contribution in [1.29, 1.82) is 0 Å². The van der Waals surface area contributed by atoms with E-state index < -0.39 is 13.9 Å². The van der Waals surface area contributed by atoms with Crippen LogP contribution in [0.4, 0.5) is 0 Å². The average molecular weight is 756 g/mol. The monoisotopic (exact) mass is 756 g/mol. The van der Waals surface area contributed by atoms with Crippen molar-refractivity contribution in [3.05, 3.63) is 36.5 Å². The molecule has 52 heavy (non-hydrogen) atoms. The molecule has 0 aromatic rings. The third-order valence-electron chi connectivity index (χ3n) is 9.07. The van der Waals surface area contributed by atoms with Crippen molar-refractivity contribution in [3.63, 3.8) is 0 Å². The summed E-state index contributed by atoms with van der Waals surface area (Å²) in [6, 6.07) is 0. The SMILES string of the molecule is CC/C=C\C/C=C\C/C=C\CCCCCCOCC(COP(=O)(O)OCCN)OC(=O)CCCCCCCCCCCCCCCCCCCCC. The summed E-state index contributed by atoms with van der Waals surface area (Å²) in [7, 11) is -4.28. The summed E-state index contributed by atoms with van der Waals surface area (Å²) in [6.45, 7) is 4.78. The van der Waals surface area contributed by atoms with Crippen LogP contribution in [-0.4, -0.2) is 49.9 Å². The molecule has 8 nitrogen and oxygen atoms in total. The third-order valence-corrected chi connectivity index (χ3v) is 10.1. The average Bonchev–Trinajstić information content (AvgIpc) is 3.13. The predicted octanol–water partition coefficient (Wildman–Crippen LogP) is 12.6. The summed E-state index contributed by atoms with van der Waals surface area (Å²) in [5, 5.41) is 0. The van der Waals surface area contributed by atoms with Crippen LogP contribution in [0.25, 0.3) is 0 Å². The molecule has 2 unspecified atom stereocenters. The minimum absolute atomic E-state index is 0.0969. The largest absolute Gasteiger partial charge is 0.472 e. The summed E-state index contributed by atoms with van der Waals surface area (Å²) >= 11 is 0. The van der Waals surface area contributed by atoms with Crippen molar-refractivity contribution in [1.82, 2.24) is 0 Å². The highest BCUT2D eigenvalue weighted by Gasteiger charge is 2.25. The Morgan fingerprint density at radius 2 is 1.08 bits per heavy atom. The molecule has 306 valence electrons. The van der Waals surface area contributed by atoms with Gasteiger partial charge in [0.15, 0.2) is 0 Å². The fourth-order valence-corrected chi connectivity index (χ4v) is 6.72. The van der Waals surface area contributed by atoms with E-state index in [1.165, 1.54) is 103 Å². The second kappa shape index (κ2) is 40.9. The van der Waals surface area contributed by atoms with E-state index in [1.54, 1.807) is 0 Å². The molecule has 0 rings (SSSR count). The van der Waals surface area contributed by atoms with E-state index in [2.05, 4.69) is 50.3 Å². The van der Waals surface area contributed by atoms with Gasteiger partial charge in [0.1, 0.15) is 6.10 Å². The molecule has 9 heteroatoms. The number of esters is 1. The number of ether oxygens (including phenoxy) is 2. The van der Waals surface area contributed by atoms with Gasteiger partial charge < -0.3 is 20.1 Å². The van der Waals surface area contributed by atoms with Gasteiger partial charge in [-0.15, -0.1) is 0 Å². The summed E-state index contributed by atoms with van der Waals surface area (Å²) in [5.74, 6) is -0.336. The van der Waals surface area contributed by atoms with Crippen molar-refractivity contribution in [2.24, 2.45) is 5.73 Å². The van der Waals surface area contributed by atoms with E-state index in [0.29, 0.717) is 13.0 Å². The second-order valence-electron chi connectivity index (χ2n) is 14.2. The normalized spacial score (nSPS) is 13.8. The lowest BCUT2D eigenvalue weighted by atomic mass is 10.0. The third kappa shape index (κ3) is 39.9. The molecule has 0 aliphatic carbocycles. The molecular formula is C43H82NO7P. The van der Waals surface area contributed by atoms with Gasteiger partial charge in [0, 0.05) is 19.6 Å². The smallest absolute Gasteiger partial charge is 0.457 e. The zero-order valence-electron chi connectivity index (χ0n) is 33.8. The van der Waals surface area contributed by atoms with Crippen LogP contribution in [0.2, 0.25) is 0 Å². The highest BCUT2D eigenvalue weighted by Crippen LogP contribution is 2.43. The molecule has 0 saturated heterocycles. The second-order valence-corrected chi connectivity index (χ2v) is 15.6. The highest BCUT2D eigenvalue weighted by atomic mass is 31.2. The maximum absolute atomic E-state index is 12.6. The van der Waals surface area contributed by atoms with E-state index in [9.17, 15) is 14.3 Å². The molecule has 0 heterocycles. The highest BCUT2D eigenvalue weighted by molar-refractivity contribution is 7.47. The van der Waals surface area contributed by atoms with Gasteiger partial charge >= 0.3 is 13.8 Å². The van der Waals surface area contributed by atoms with Gasteiger partial charge in [0.2, 0.25) is 0 Å². The van der Waals surface area contributed by atoms with Crippen molar-refractivity contribution in [2.45, 2.75) is 200 Å². The van der Waals surface area contributed by atoms with Gasteiger partial charge in [-0.1, -0.05) is 179 Å². The Balaban J connectivity index is 4.02. The van der Waals surface area contributed by atoms with Crippen molar-refractivity contribution in [2.75, 3.05) is 33.0 Å². The molecule has 2 atom stereocenters. The molecule has 0 amide bonds. The number of unbranched alkanes of at least 4 members (excludes halogenated alkanes) is 22. The molecule has 0 aromatic heterocycles. The first kappa shape index (κ1) is 50.7. The Labute approximate surface area is 320 Å². The van der Waals surface area contributed by atoms with Crippen LogP contribution < -0.4 is 5.73 Å². The Kier molecular flexibility index (Phi) is 39.9. The van der Waals surface area contributed by atoms with Crippen molar-refractivity contribution >= 4 is 13.8 Å². The zero-order valence-corrected chi connectivity index (χ0v) is 34.7. The lowest BCUT2D eigenvalue weighted by molar-refractivity contribution is -0.154. The first-order chi connectivity index (χ1) is 25.4. The van der Waals surface area contributed by atoms with Gasteiger partial charge in [-0.2, -0.15) is 0 Å². The molecule has 0 aromatic carbocycles. The maximum Gasteiger partial charge on any atom is 0.472 e. The Bertz CT molecular complexity index is 895. The van der Waals surface area contributed by atoms with Crippen LogP contribution in [-0.2, 0) is 27.9 Å². The molecule has 0 radical (unpaired) electrons. The minimum Gasteiger partial charge on any atom is -0.457 e. The summed E-state index contributed by atoms with van der Waals surface area (Å²) in [5.41, 5.74) is 5.36. The van der Waals surface area contributed by atoms with Crippen LogP contribution >= 0.6 is 7.82 Å². The molecular weight excluding hydrogens is 673 g/mol. The molecule has 3 N–H and O–H groups in total. The summed E-state index contributed by atoms with van der Waals surface area (Å²) < 4.78 is 33.4. The van der Waals surface area contributed by atoms with Crippen LogP contribution in [0.5, 0.6) is 0 Å². The van der Waals surface area contributed by atoms with Gasteiger partial charge in [-0.05, 0) is 44.9 Å². The minimum atomic E-state index is -4.28. The molecule has 0 fully saturated rings. The fourth-order valence-electron chi connectivity index (χ4n) is 5.95. The number of nitrogens with two attached hydrogens (primary N) is 1. The first-order valence-electron chi connectivity index (χ1n) is 21.5. The van der Waals surface area contributed by atoms with E-state index >= 15 is 0 Å². The lowest BCUT2D eigenvalue weighted by Gasteiger charge is -2.20. The predicted molar refractivity (Wildman–Crippen MR) is 220 cm³/mol. The number of phosphoric ester groups is 1. The molecule has 0 bridgehead atoms. The number of rotatable bonds is 41. The first-order valence-corrected chi connectivity index (χ1v) is 23.0. The van der Waals surface area contributed by atoms with Gasteiger partial charge in [0.25, 0.3) is 0 Å². The van der Waals surface area contributed by atoms with Crippen LogP contribution in [0.3, 0.4) is 0 Å². The quantitative estimate of drug-likeness (QED) is 0.0274. The number of phosphoric acid groups is 1. The molecule has 0 saturated carbocycles. The van der Waals surface area contributed by atoms with Gasteiger partial charge in [-0.25, -0.2) is 4.57 Å². The van der Waals surface area contributed by atoms with E-state index in [0.717, 1.165) is 70.6 Å². The zero-order chi connectivity index (χ0) is 38.1. The van der Waals surface area contributed by atoms with Crippen LogP contribution in [0.1, 0.15) is 194 Å². The Hall–Kier alpha value is -1.28. The van der Waals surface area contributed by atoms with E-state index in [4.69, 9.17) is 24.3 Å².